The van der Waals surface area contributed by atoms with Crippen molar-refractivity contribution in [1.29, 1.82) is 0 Å². The van der Waals surface area contributed by atoms with Crippen LogP contribution in [0.5, 0.6) is 5.75 Å². The smallest absolute Gasteiger partial charge is 0.223 e. The lowest BCUT2D eigenvalue weighted by Crippen LogP contribution is -2.29. The van der Waals surface area contributed by atoms with Gasteiger partial charge in [0, 0.05) is 24.5 Å². The molecule has 1 aromatic rings. The highest BCUT2D eigenvalue weighted by Crippen LogP contribution is 2.11. The van der Waals surface area contributed by atoms with Gasteiger partial charge in [-0.3, -0.25) is 9.69 Å². The van der Waals surface area contributed by atoms with E-state index in [9.17, 15) is 4.79 Å². The zero-order valence-electron chi connectivity index (χ0n) is 9.66. The minimum absolute atomic E-state index is 0.0479. The molecule has 0 amide bonds. The van der Waals surface area contributed by atoms with Crippen molar-refractivity contribution in [3.8, 4) is 5.75 Å². The highest BCUT2D eigenvalue weighted by atomic mass is 16.5. The standard InChI is InChI=1S/C12H18N2O2/c1-16-12-8-13-10(7-11(12)15)9-14-5-3-2-4-6-14/h7-8H,2-6,9H2,1H3,(H,13,15). The van der Waals surface area contributed by atoms with Gasteiger partial charge >= 0.3 is 0 Å². The van der Waals surface area contributed by atoms with Crippen LogP contribution in [0.25, 0.3) is 0 Å². The number of aromatic amines is 1. The minimum Gasteiger partial charge on any atom is -0.491 e. The Labute approximate surface area is 95.2 Å². The Kier molecular flexibility index (Phi) is 3.62. The summed E-state index contributed by atoms with van der Waals surface area (Å²) in [5.74, 6) is 0.377. The molecule has 0 aromatic carbocycles. The molecule has 1 N–H and O–H groups in total. The van der Waals surface area contributed by atoms with Gasteiger partial charge in [-0.05, 0) is 25.9 Å². The van der Waals surface area contributed by atoms with Crippen molar-refractivity contribution in [3.05, 3.63) is 28.2 Å². The molecule has 4 nitrogen and oxygen atoms in total. The number of hydrogen-bond donors (Lipinski definition) is 1. The fourth-order valence-electron chi connectivity index (χ4n) is 2.11. The summed E-state index contributed by atoms with van der Waals surface area (Å²) in [5.41, 5.74) is 0.918. The normalized spacial score (nSPS) is 17.3. The number of ether oxygens (including phenoxy) is 1. The van der Waals surface area contributed by atoms with Crippen molar-refractivity contribution in [2.75, 3.05) is 20.2 Å². The van der Waals surface area contributed by atoms with E-state index in [-0.39, 0.29) is 5.43 Å². The van der Waals surface area contributed by atoms with Gasteiger partial charge in [0.05, 0.1) is 7.11 Å². The van der Waals surface area contributed by atoms with Crippen LogP contribution in [-0.4, -0.2) is 30.1 Å². The summed E-state index contributed by atoms with van der Waals surface area (Å²) < 4.78 is 4.93. The summed E-state index contributed by atoms with van der Waals surface area (Å²) in [7, 11) is 1.51. The van der Waals surface area contributed by atoms with Crippen molar-refractivity contribution in [2.24, 2.45) is 0 Å². The number of H-pyrrole nitrogens is 1. The maximum atomic E-state index is 11.5. The molecular weight excluding hydrogens is 204 g/mol. The van der Waals surface area contributed by atoms with Crippen molar-refractivity contribution in [1.82, 2.24) is 9.88 Å². The Balaban J connectivity index is 2.04. The first-order chi connectivity index (χ1) is 7.79. The van der Waals surface area contributed by atoms with E-state index in [4.69, 9.17) is 4.74 Å². The number of pyridine rings is 1. The van der Waals surface area contributed by atoms with Crippen LogP contribution >= 0.6 is 0 Å². The van der Waals surface area contributed by atoms with Crippen molar-refractivity contribution < 1.29 is 4.74 Å². The van der Waals surface area contributed by atoms with Gasteiger partial charge in [0.15, 0.2) is 5.75 Å². The third-order valence-electron chi connectivity index (χ3n) is 3.00. The lowest BCUT2D eigenvalue weighted by molar-refractivity contribution is 0.218. The molecule has 1 aliphatic heterocycles. The van der Waals surface area contributed by atoms with E-state index in [0.717, 1.165) is 25.3 Å². The van der Waals surface area contributed by atoms with Gasteiger partial charge in [-0.2, -0.15) is 0 Å². The van der Waals surface area contributed by atoms with E-state index < -0.39 is 0 Å². The summed E-state index contributed by atoms with van der Waals surface area (Å²) in [4.78, 5) is 17.0. The Hall–Kier alpha value is -1.29. The molecule has 88 valence electrons. The largest absolute Gasteiger partial charge is 0.491 e. The van der Waals surface area contributed by atoms with E-state index >= 15 is 0 Å². The first kappa shape index (κ1) is 11.2. The number of nitrogens with one attached hydrogen (secondary N) is 1. The highest BCUT2D eigenvalue weighted by Gasteiger charge is 2.11. The molecule has 4 heteroatoms. The van der Waals surface area contributed by atoms with E-state index in [0.29, 0.717) is 5.75 Å². The van der Waals surface area contributed by atoms with Gasteiger partial charge in [-0.25, -0.2) is 0 Å². The quantitative estimate of drug-likeness (QED) is 0.840. The summed E-state index contributed by atoms with van der Waals surface area (Å²) in [5, 5.41) is 0. The maximum Gasteiger partial charge on any atom is 0.223 e. The Bertz CT molecular complexity index is 394. The molecule has 0 spiro atoms. The predicted molar refractivity (Wildman–Crippen MR) is 62.7 cm³/mol. The summed E-state index contributed by atoms with van der Waals surface area (Å²) in [6.45, 7) is 3.10. The number of nitrogens with zero attached hydrogens (tertiary/aromatic N) is 1. The minimum atomic E-state index is -0.0479. The molecule has 0 unspecified atom stereocenters. The lowest BCUT2D eigenvalue weighted by Gasteiger charge is -2.26. The highest BCUT2D eigenvalue weighted by molar-refractivity contribution is 5.20. The SMILES string of the molecule is COc1c[nH]c(CN2CCCCC2)cc1=O. The number of likely N-dealkylation sites (tertiary alicyclic amines) is 1. The summed E-state index contributed by atoms with van der Waals surface area (Å²) in [6.07, 6.45) is 5.50. The molecule has 0 aliphatic carbocycles. The predicted octanol–water partition coefficient (Wildman–Crippen LogP) is 1.37. The van der Waals surface area contributed by atoms with E-state index in [1.165, 1.54) is 26.4 Å². The van der Waals surface area contributed by atoms with Crippen molar-refractivity contribution in [3.63, 3.8) is 0 Å². The number of piperidine rings is 1. The van der Waals surface area contributed by atoms with Crippen LogP contribution in [0.1, 0.15) is 25.0 Å². The van der Waals surface area contributed by atoms with E-state index in [1.54, 1.807) is 12.3 Å². The van der Waals surface area contributed by atoms with E-state index in [2.05, 4.69) is 9.88 Å². The van der Waals surface area contributed by atoms with Crippen LogP contribution in [0.2, 0.25) is 0 Å². The second-order valence-corrected chi connectivity index (χ2v) is 4.23. The molecular formula is C12H18N2O2. The van der Waals surface area contributed by atoms with Crippen molar-refractivity contribution >= 4 is 0 Å². The maximum absolute atomic E-state index is 11.5. The number of rotatable bonds is 3. The Morgan fingerprint density at radius 2 is 2.12 bits per heavy atom. The summed E-state index contributed by atoms with van der Waals surface area (Å²) >= 11 is 0. The van der Waals surface area contributed by atoms with Crippen LogP contribution in [-0.2, 0) is 6.54 Å². The van der Waals surface area contributed by atoms with E-state index in [1.807, 2.05) is 0 Å². The second kappa shape index (κ2) is 5.16. The third-order valence-corrected chi connectivity index (χ3v) is 3.00. The molecule has 0 bridgehead atoms. The lowest BCUT2D eigenvalue weighted by atomic mass is 10.1. The average Bonchev–Trinajstić information content (AvgIpc) is 2.31. The fourth-order valence-corrected chi connectivity index (χ4v) is 2.11. The molecule has 1 aliphatic rings. The molecule has 2 heterocycles. The average molecular weight is 222 g/mol. The molecule has 2 rings (SSSR count). The van der Waals surface area contributed by atoms with Crippen molar-refractivity contribution in [2.45, 2.75) is 25.8 Å². The van der Waals surface area contributed by atoms with Crippen LogP contribution in [0, 0.1) is 0 Å². The zero-order valence-corrected chi connectivity index (χ0v) is 9.66. The first-order valence-electron chi connectivity index (χ1n) is 5.77. The van der Waals surface area contributed by atoms with Gasteiger partial charge < -0.3 is 9.72 Å². The Morgan fingerprint density at radius 1 is 1.38 bits per heavy atom. The molecule has 1 fully saturated rings. The third kappa shape index (κ3) is 2.64. The van der Waals surface area contributed by atoms with Crippen LogP contribution in [0.3, 0.4) is 0 Å². The molecule has 1 aromatic heterocycles. The topological polar surface area (TPSA) is 45.3 Å². The monoisotopic (exact) mass is 222 g/mol. The first-order valence-corrected chi connectivity index (χ1v) is 5.77. The zero-order chi connectivity index (χ0) is 11.4. The molecule has 0 radical (unpaired) electrons. The summed E-state index contributed by atoms with van der Waals surface area (Å²) in [6, 6.07) is 1.63. The van der Waals surface area contributed by atoms with Gasteiger partial charge in [0.1, 0.15) is 0 Å². The van der Waals surface area contributed by atoms with Gasteiger partial charge in [-0.1, -0.05) is 6.42 Å². The number of aromatic nitrogens is 1. The number of hydrogen-bond acceptors (Lipinski definition) is 3. The van der Waals surface area contributed by atoms with Gasteiger partial charge in [0.2, 0.25) is 5.43 Å². The van der Waals surface area contributed by atoms with Crippen LogP contribution in [0.4, 0.5) is 0 Å². The van der Waals surface area contributed by atoms with Crippen LogP contribution in [0.15, 0.2) is 17.1 Å². The fraction of sp³-hybridized carbons (Fsp3) is 0.583. The molecule has 0 saturated carbocycles. The molecule has 16 heavy (non-hydrogen) atoms. The van der Waals surface area contributed by atoms with Gasteiger partial charge in [0.25, 0.3) is 0 Å². The van der Waals surface area contributed by atoms with Gasteiger partial charge in [-0.15, -0.1) is 0 Å². The number of methoxy groups -OCH3 is 1. The molecule has 0 atom stereocenters. The van der Waals surface area contributed by atoms with Crippen LogP contribution < -0.4 is 10.2 Å². The molecule has 1 saturated heterocycles. The Morgan fingerprint density at radius 3 is 2.75 bits per heavy atom. The second-order valence-electron chi connectivity index (χ2n) is 4.23.